The molecule has 2 aliphatic heterocycles. The molecule has 0 unspecified atom stereocenters. The second kappa shape index (κ2) is 10.2. The molecule has 7 aromatic carbocycles. The predicted octanol–water partition coefficient (Wildman–Crippen LogP) is 9.23. The summed E-state index contributed by atoms with van der Waals surface area (Å²) in [7, 11) is 0. The average molecular weight is 598 g/mol. The van der Waals surface area contributed by atoms with Crippen LogP contribution in [0.15, 0.2) is 170 Å². The number of aromatic nitrogens is 1. The molecular weight excluding hydrogens is 569 g/mol. The molecule has 47 heavy (non-hydrogen) atoms. The van der Waals surface area contributed by atoms with E-state index < -0.39 is 0 Å². The minimum atomic E-state index is 0.0387. The zero-order valence-electron chi connectivity index (χ0n) is 25.6. The van der Waals surface area contributed by atoms with Crippen molar-refractivity contribution in [3.05, 3.63) is 170 Å². The van der Waals surface area contributed by atoms with Gasteiger partial charge in [-0.2, -0.15) is 0 Å². The molecule has 0 spiro atoms. The molecule has 0 N–H and O–H groups in total. The number of fused-ring (bicyclic) bond motifs is 4. The molecule has 0 saturated carbocycles. The van der Waals surface area contributed by atoms with E-state index in [0.29, 0.717) is 0 Å². The number of hydrogen-bond donors (Lipinski definition) is 0. The van der Waals surface area contributed by atoms with Gasteiger partial charge in [0, 0.05) is 22.2 Å². The standard InChI is InChI=1S/C44H28BNO/c1-5-14-29(15-6-1)33-24-25-36-39(27-33)47-40-28-34(30-16-7-2-8-17-30)26-38-42(40)45(36)37-23-13-22-35-41(31-18-9-3-10-19-31)43(46(38)44(35)37)32-20-11-4-12-21-32/h1-28H. The summed E-state index contributed by atoms with van der Waals surface area (Å²) in [5, 5.41) is 1.26. The maximum absolute atomic E-state index is 6.98. The van der Waals surface area contributed by atoms with Gasteiger partial charge in [-0.05, 0) is 68.0 Å². The maximum Gasteiger partial charge on any atom is 0.256 e. The first-order valence-electron chi connectivity index (χ1n) is 16.2. The molecule has 3 heterocycles. The highest BCUT2D eigenvalue weighted by Crippen LogP contribution is 2.45. The first-order valence-corrected chi connectivity index (χ1v) is 16.2. The van der Waals surface area contributed by atoms with E-state index in [-0.39, 0.29) is 6.71 Å². The number of rotatable bonds is 4. The predicted molar refractivity (Wildman–Crippen MR) is 196 cm³/mol. The number of benzene rings is 7. The van der Waals surface area contributed by atoms with Crippen LogP contribution >= 0.6 is 0 Å². The third kappa shape index (κ3) is 3.93. The molecule has 0 saturated heterocycles. The smallest absolute Gasteiger partial charge is 0.256 e. The van der Waals surface area contributed by atoms with E-state index in [9.17, 15) is 0 Å². The van der Waals surface area contributed by atoms with Crippen molar-refractivity contribution >= 4 is 34.0 Å². The van der Waals surface area contributed by atoms with Crippen LogP contribution in [0.2, 0.25) is 0 Å². The van der Waals surface area contributed by atoms with Gasteiger partial charge in [-0.3, -0.25) is 0 Å². The van der Waals surface area contributed by atoms with E-state index in [1.807, 2.05) is 0 Å². The zero-order valence-corrected chi connectivity index (χ0v) is 25.6. The first kappa shape index (κ1) is 26.2. The van der Waals surface area contributed by atoms with Crippen molar-refractivity contribution in [1.29, 1.82) is 0 Å². The molecule has 8 aromatic rings. The molecule has 2 aliphatic rings. The lowest BCUT2D eigenvalue weighted by Gasteiger charge is -2.34. The van der Waals surface area contributed by atoms with Gasteiger partial charge in [0.2, 0.25) is 0 Å². The number of hydrogen-bond acceptors (Lipinski definition) is 1. The summed E-state index contributed by atoms with van der Waals surface area (Å²) in [6.07, 6.45) is 0. The molecule has 0 aliphatic carbocycles. The third-order valence-corrected chi connectivity index (χ3v) is 9.85. The van der Waals surface area contributed by atoms with Crippen molar-refractivity contribution in [2.45, 2.75) is 0 Å². The molecule has 10 rings (SSSR count). The van der Waals surface area contributed by atoms with Gasteiger partial charge in [-0.25, -0.2) is 0 Å². The minimum absolute atomic E-state index is 0.0387. The monoisotopic (exact) mass is 597 g/mol. The van der Waals surface area contributed by atoms with Gasteiger partial charge >= 0.3 is 0 Å². The number of nitrogens with zero attached hydrogens (tertiary/aromatic N) is 1. The van der Waals surface area contributed by atoms with Crippen molar-refractivity contribution in [3.8, 4) is 61.8 Å². The molecule has 0 atom stereocenters. The van der Waals surface area contributed by atoms with E-state index in [1.54, 1.807) is 0 Å². The summed E-state index contributed by atoms with van der Waals surface area (Å²) in [5.41, 5.74) is 15.7. The average Bonchev–Trinajstić information content (AvgIpc) is 3.50. The fraction of sp³-hybridized carbons (Fsp3) is 0. The molecule has 2 nitrogen and oxygen atoms in total. The highest BCUT2D eigenvalue weighted by atomic mass is 16.5. The topological polar surface area (TPSA) is 14.2 Å². The van der Waals surface area contributed by atoms with Crippen LogP contribution in [0.1, 0.15) is 0 Å². The third-order valence-electron chi connectivity index (χ3n) is 9.85. The Morgan fingerprint density at radius 3 is 1.70 bits per heavy atom. The van der Waals surface area contributed by atoms with Crippen LogP contribution in [-0.4, -0.2) is 11.3 Å². The van der Waals surface area contributed by atoms with Crippen LogP contribution in [0.4, 0.5) is 0 Å². The Hall–Kier alpha value is -6.06. The Bertz CT molecular complexity index is 2470. The van der Waals surface area contributed by atoms with Crippen LogP contribution in [-0.2, 0) is 0 Å². The Balaban J connectivity index is 1.34. The highest BCUT2D eigenvalue weighted by Gasteiger charge is 2.41. The first-order chi connectivity index (χ1) is 23.3. The molecule has 218 valence electrons. The molecular formula is C44H28BNO. The van der Waals surface area contributed by atoms with E-state index in [2.05, 4.69) is 174 Å². The summed E-state index contributed by atoms with van der Waals surface area (Å²) in [6.45, 7) is 0.0387. The highest BCUT2D eigenvalue weighted by molar-refractivity contribution is 6.99. The van der Waals surface area contributed by atoms with Gasteiger partial charge in [-0.1, -0.05) is 152 Å². The van der Waals surface area contributed by atoms with Crippen LogP contribution in [0.25, 0.3) is 61.2 Å². The summed E-state index contributed by atoms with van der Waals surface area (Å²) < 4.78 is 9.51. The van der Waals surface area contributed by atoms with Crippen LogP contribution in [0, 0.1) is 0 Å². The molecule has 3 heteroatoms. The lowest BCUT2D eigenvalue weighted by Crippen LogP contribution is -2.58. The largest absolute Gasteiger partial charge is 0.458 e. The summed E-state index contributed by atoms with van der Waals surface area (Å²) >= 11 is 0. The lowest BCUT2D eigenvalue weighted by atomic mass is 9.34. The fourth-order valence-corrected chi connectivity index (χ4v) is 7.84. The van der Waals surface area contributed by atoms with Gasteiger partial charge < -0.3 is 9.30 Å². The van der Waals surface area contributed by atoms with E-state index in [1.165, 1.54) is 66.5 Å². The van der Waals surface area contributed by atoms with Gasteiger partial charge in [-0.15, -0.1) is 0 Å². The van der Waals surface area contributed by atoms with Gasteiger partial charge in [0.05, 0.1) is 5.69 Å². The Morgan fingerprint density at radius 2 is 1.02 bits per heavy atom. The SMILES string of the molecule is c1ccc(-c2ccc3c(c2)Oc2cc(-c4ccccc4)cc4c2B3c2cccc3c(-c5ccccc5)c(-c5ccccc5)n-4c23)cc1. The zero-order chi connectivity index (χ0) is 30.9. The minimum Gasteiger partial charge on any atom is -0.458 e. The van der Waals surface area contributed by atoms with E-state index >= 15 is 0 Å². The Morgan fingerprint density at radius 1 is 0.426 bits per heavy atom. The Kier molecular flexibility index (Phi) is 5.70. The number of para-hydroxylation sites is 1. The van der Waals surface area contributed by atoms with Crippen LogP contribution in [0.3, 0.4) is 0 Å². The van der Waals surface area contributed by atoms with Crippen molar-refractivity contribution in [2.75, 3.05) is 0 Å². The summed E-state index contributed by atoms with van der Waals surface area (Å²) in [5.74, 6) is 1.84. The van der Waals surface area contributed by atoms with Crippen LogP contribution < -0.4 is 21.1 Å². The molecule has 1 aromatic heterocycles. The molecule has 0 fully saturated rings. The summed E-state index contributed by atoms with van der Waals surface area (Å²) in [6, 6.07) is 61.2. The molecule has 0 bridgehead atoms. The van der Waals surface area contributed by atoms with Crippen LogP contribution in [0.5, 0.6) is 11.5 Å². The van der Waals surface area contributed by atoms with Crippen molar-refractivity contribution in [3.63, 3.8) is 0 Å². The number of ether oxygens (including phenoxy) is 1. The van der Waals surface area contributed by atoms with E-state index in [0.717, 1.165) is 22.6 Å². The lowest BCUT2D eigenvalue weighted by molar-refractivity contribution is 0.487. The quantitative estimate of drug-likeness (QED) is 0.185. The van der Waals surface area contributed by atoms with Gasteiger partial charge in [0.25, 0.3) is 6.71 Å². The van der Waals surface area contributed by atoms with Gasteiger partial charge in [0.1, 0.15) is 11.5 Å². The van der Waals surface area contributed by atoms with Crippen molar-refractivity contribution < 1.29 is 4.74 Å². The molecule has 0 amide bonds. The summed E-state index contributed by atoms with van der Waals surface area (Å²) in [4.78, 5) is 0. The Labute approximate surface area is 274 Å². The van der Waals surface area contributed by atoms with Crippen molar-refractivity contribution in [2.24, 2.45) is 0 Å². The maximum atomic E-state index is 6.98. The van der Waals surface area contributed by atoms with Crippen molar-refractivity contribution in [1.82, 2.24) is 4.57 Å². The molecule has 0 radical (unpaired) electrons. The van der Waals surface area contributed by atoms with Gasteiger partial charge in [0.15, 0.2) is 0 Å². The van der Waals surface area contributed by atoms with E-state index in [4.69, 9.17) is 4.74 Å². The normalized spacial score (nSPS) is 12.4. The fourth-order valence-electron chi connectivity index (χ4n) is 7.84. The second-order valence-electron chi connectivity index (χ2n) is 12.5. The second-order valence-corrected chi connectivity index (χ2v) is 12.5.